The first-order chi connectivity index (χ1) is 49.6. The van der Waals surface area contributed by atoms with E-state index in [2.05, 4.69) is 141 Å². The number of hydrogen-bond acceptors (Lipinski definition) is 20. The van der Waals surface area contributed by atoms with Crippen molar-refractivity contribution < 1.29 is 48.4 Å². The summed E-state index contributed by atoms with van der Waals surface area (Å²) >= 11 is 2.07. The van der Waals surface area contributed by atoms with E-state index in [4.69, 9.17) is 29.1 Å². The number of fused-ring (bicyclic) bond motifs is 3. The van der Waals surface area contributed by atoms with Crippen molar-refractivity contribution in [2.75, 3.05) is 22.6 Å². The average Bonchev–Trinajstić information content (AvgIpc) is 1.63. The molecule has 3 saturated heterocycles. The highest BCUT2D eigenvalue weighted by Crippen LogP contribution is 2.41. The van der Waals surface area contributed by atoms with Gasteiger partial charge in [0, 0.05) is 106 Å². The number of ether oxygens (including phenoxy) is 3. The number of aromatic nitrogens is 11. The van der Waals surface area contributed by atoms with Crippen molar-refractivity contribution in [2.24, 2.45) is 16.2 Å². The van der Waals surface area contributed by atoms with Gasteiger partial charge in [-0.2, -0.15) is 20.2 Å². The maximum atomic E-state index is 13.4. The highest BCUT2D eigenvalue weighted by atomic mass is 127. The van der Waals surface area contributed by atoms with Crippen LogP contribution in [0, 0.1) is 54.8 Å². The fourth-order valence-corrected chi connectivity index (χ4v) is 13.0. The fraction of sp³-hybridized carbons (Fsp3) is 0.514. The highest BCUT2D eigenvalue weighted by Gasteiger charge is 2.40. The second kappa shape index (κ2) is 35.7. The number of pyridine rings is 2. The zero-order valence-electron chi connectivity index (χ0n) is 62.1. The van der Waals surface area contributed by atoms with Crippen molar-refractivity contribution in [3.63, 3.8) is 0 Å². The lowest BCUT2D eigenvalue weighted by molar-refractivity contribution is -0.123. The van der Waals surface area contributed by atoms with Crippen molar-refractivity contribution in [3.8, 4) is 29.8 Å². The van der Waals surface area contributed by atoms with Gasteiger partial charge in [-0.1, -0.05) is 107 Å². The molecule has 8 aromatic heterocycles. The van der Waals surface area contributed by atoms with Gasteiger partial charge in [0.2, 0.25) is 35.6 Å². The van der Waals surface area contributed by atoms with Gasteiger partial charge < -0.3 is 47.8 Å². The smallest absolute Gasteiger partial charge is 0.263 e. The summed E-state index contributed by atoms with van der Waals surface area (Å²) in [6.07, 6.45) is 12.4. The van der Waals surface area contributed by atoms with E-state index in [-0.39, 0.29) is 93.1 Å². The Kier molecular flexibility index (Phi) is 27.9. The number of hydrogen-bond donors (Lipinski definition) is 9. The number of aromatic amines is 3. The van der Waals surface area contributed by atoms with Crippen LogP contribution in [0.4, 0.5) is 17.8 Å². The van der Waals surface area contributed by atoms with E-state index in [1.807, 2.05) is 24.6 Å². The van der Waals surface area contributed by atoms with E-state index < -0.39 is 52.7 Å². The molecule has 3 fully saturated rings. The lowest BCUT2D eigenvalue weighted by Gasteiger charge is -2.31. The van der Waals surface area contributed by atoms with Crippen molar-refractivity contribution >= 4 is 100 Å². The Morgan fingerprint density at radius 2 is 0.952 bits per heavy atom. The third kappa shape index (κ3) is 20.7. The summed E-state index contributed by atoms with van der Waals surface area (Å²) in [4.78, 5) is 106. The van der Waals surface area contributed by atoms with E-state index in [1.54, 1.807) is 139 Å². The van der Waals surface area contributed by atoms with Crippen LogP contribution in [0.5, 0.6) is 0 Å². The third-order valence-corrected chi connectivity index (χ3v) is 19.6. The number of nitriles is 1. The maximum Gasteiger partial charge on any atom is 0.263 e. The van der Waals surface area contributed by atoms with Crippen LogP contribution in [0.2, 0.25) is 0 Å². The first-order valence-corrected chi connectivity index (χ1v) is 36.9. The fourth-order valence-electron chi connectivity index (χ4n) is 11.3. The molecule has 3 aliphatic rings. The number of carbonyl (C=O) groups is 3. The first kappa shape index (κ1) is 82.1. The number of carbonyl (C=O) groups excluding carboxylic acids is 3. The quantitative estimate of drug-likeness (QED) is 0.0262. The normalized spacial score (nSPS) is 20.2. The van der Waals surface area contributed by atoms with Gasteiger partial charge in [0.1, 0.15) is 18.7 Å². The standard InChI is InChI=1S/C30H41N6O4P.C24H27N5O4.C17H23IN4O4.C3H5NO/c1-9-22-23(40-41-36(18(2)3)19(4)5)16-24(39-22)35-17-21(11-10-20-12-14-31-15-13-20)25-26(35)32-29(33-27(25)37)34-28(38)30(6,7)8;1-5-17-16(30)12-18(33-17)29-13-15(7-6-14-8-10-25-11-9-14)19-20(29)26-23(27-21(19)31)28-22(32)24(2,3)4;1-5-10-9(23)6-11(26-10)22-7-8(18)12-13(22)19-16(20-14(12)24)21-15(25)17(2,3)4;4-2-1-3-5/h12-15,17-19,22-24,41H,9,16H2,1-8H3,(H2,32,33,34,37,38);8-11,13,16-18,30H,5,12H2,1-4H3,(H2,26,27,28,31,32);7,9-11,23H,5-6H2,1-4H3,(H2,19,20,21,24,25);5H,1,3H2/t22-,23-,24-;16-,17-,18-;9-,10-,11-;/m111./s1. The van der Waals surface area contributed by atoms with Crippen LogP contribution in [-0.4, -0.2) is 147 Å². The third-order valence-electron chi connectivity index (χ3n) is 17.2. The van der Waals surface area contributed by atoms with Gasteiger partial charge in [-0.3, -0.25) is 74.3 Å². The molecule has 0 spiro atoms. The predicted octanol–water partition coefficient (Wildman–Crippen LogP) is 10.0. The average molecular weight is 1580 g/mol. The summed E-state index contributed by atoms with van der Waals surface area (Å²) in [6.45, 7) is 30.7. The van der Waals surface area contributed by atoms with E-state index in [0.29, 0.717) is 88.4 Å². The molecule has 562 valence electrons. The number of amides is 3. The van der Waals surface area contributed by atoms with E-state index in [0.717, 1.165) is 21.1 Å². The number of rotatable bonds is 15. The second-order valence-electron chi connectivity index (χ2n) is 29.1. The molecule has 0 aliphatic carbocycles. The van der Waals surface area contributed by atoms with Gasteiger partial charge in [-0.25, -0.2) is 0 Å². The summed E-state index contributed by atoms with van der Waals surface area (Å²) < 4.78 is 33.3. The molecule has 0 aromatic carbocycles. The molecule has 11 rings (SSSR count). The van der Waals surface area contributed by atoms with Gasteiger partial charge in [-0.05, 0) is 93.8 Å². The topological polar surface area (TPSA) is 390 Å². The molecule has 1 unspecified atom stereocenters. The second-order valence-corrected chi connectivity index (χ2v) is 31.2. The number of nitrogens with one attached hydrogen (secondary N) is 6. The lowest BCUT2D eigenvalue weighted by atomic mass is 9.96. The summed E-state index contributed by atoms with van der Waals surface area (Å²) in [5.74, 6) is 11.8. The summed E-state index contributed by atoms with van der Waals surface area (Å²) in [7, 11) is 0.211. The summed E-state index contributed by atoms with van der Waals surface area (Å²) in [5.41, 5.74) is 0.598. The molecule has 3 aliphatic heterocycles. The van der Waals surface area contributed by atoms with Crippen LogP contribution < -0.4 is 32.6 Å². The summed E-state index contributed by atoms with van der Waals surface area (Å²) in [6, 6.07) is 9.65. The largest absolute Gasteiger partial charge is 0.395 e. The number of nitrogens with zero attached hydrogens (tertiary/aromatic N) is 10. The number of H-pyrrole nitrogens is 3. The molecule has 105 heavy (non-hydrogen) atoms. The van der Waals surface area contributed by atoms with E-state index >= 15 is 0 Å². The molecule has 11 heterocycles. The Morgan fingerprint density at radius 1 is 0.600 bits per heavy atom. The Labute approximate surface area is 624 Å². The van der Waals surface area contributed by atoms with Gasteiger partial charge in [0.15, 0.2) is 16.9 Å². The number of aliphatic hydroxyl groups excluding tert-OH is 3. The van der Waals surface area contributed by atoms with Crippen LogP contribution in [0.3, 0.4) is 0 Å². The maximum absolute atomic E-state index is 13.4. The number of halogens is 1. The SMILES string of the molecule is CC[C@H]1O[C@@H](n2cc(C#Cc3ccncc3)c3c(=O)[nH]c(NC(=O)C(C)(C)C)nc32)C[C@H]1O.CC[C@H]1O[C@@H](n2cc(C#Cc3ccncc3)c3c(=O)[nH]c(NC(=O)C(C)(C)C)nc32)C[C@H]1OPN(C(C)C)C(C)C.CC[C@H]1O[C@@H](n2cc(I)c3c(=O)[nH]c(NC(=O)C(C)(C)C)nc32)C[C@H]1O.N#CCCO. The molecular formula is C74H96IN16O13P. The molecule has 3 amide bonds. The monoisotopic (exact) mass is 1570 g/mol. The molecule has 0 bridgehead atoms. The zero-order valence-corrected chi connectivity index (χ0v) is 65.3. The first-order valence-electron chi connectivity index (χ1n) is 35.0. The Bertz CT molecular complexity index is 4720. The van der Waals surface area contributed by atoms with Crippen LogP contribution in [0.25, 0.3) is 33.1 Å². The molecular weight excluding hydrogens is 1480 g/mol. The van der Waals surface area contributed by atoms with Gasteiger partial charge in [0.25, 0.3) is 16.7 Å². The van der Waals surface area contributed by atoms with E-state index in [1.165, 1.54) is 0 Å². The van der Waals surface area contributed by atoms with Crippen molar-refractivity contribution in [1.82, 2.24) is 58.2 Å². The highest BCUT2D eigenvalue weighted by molar-refractivity contribution is 14.1. The molecule has 0 radical (unpaired) electrons. The van der Waals surface area contributed by atoms with Crippen LogP contribution in [0.1, 0.15) is 197 Å². The lowest BCUT2D eigenvalue weighted by Crippen LogP contribution is -2.31. The van der Waals surface area contributed by atoms with Gasteiger partial charge in [0.05, 0.1) is 92.0 Å². The van der Waals surface area contributed by atoms with Crippen LogP contribution in [-0.2, 0) is 33.1 Å². The molecule has 10 atom stereocenters. The minimum Gasteiger partial charge on any atom is -0.395 e. The molecule has 9 N–H and O–H groups in total. The summed E-state index contributed by atoms with van der Waals surface area (Å²) in [5, 5.41) is 45.1. The molecule has 31 heteroatoms. The minimum absolute atomic E-state index is 0.0174. The predicted molar refractivity (Wildman–Crippen MR) is 410 cm³/mol. The van der Waals surface area contributed by atoms with Crippen LogP contribution in [0.15, 0.2) is 82.0 Å². The Hall–Kier alpha value is -8.58. The number of anilines is 3. The minimum atomic E-state index is -0.663. The van der Waals surface area contributed by atoms with Crippen molar-refractivity contribution in [1.29, 1.82) is 5.26 Å². The van der Waals surface area contributed by atoms with E-state index in [9.17, 15) is 39.0 Å². The van der Waals surface area contributed by atoms with Crippen molar-refractivity contribution in [3.05, 3.63) is 125 Å². The molecule has 29 nitrogen and oxygen atoms in total. The molecule has 8 aromatic rings. The Balaban J connectivity index is 0.000000197. The number of aliphatic hydroxyl groups is 3. The zero-order chi connectivity index (χ0) is 77.0. The Morgan fingerprint density at radius 3 is 1.29 bits per heavy atom. The van der Waals surface area contributed by atoms with Crippen LogP contribution >= 0.6 is 31.5 Å². The molecule has 0 saturated carbocycles. The van der Waals surface area contributed by atoms with Gasteiger partial charge in [-0.15, -0.1) is 0 Å². The van der Waals surface area contributed by atoms with Gasteiger partial charge >= 0.3 is 0 Å². The van der Waals surface area contributed by atoms with Crippen molar-refractivity contribution in [2.45, 2.75) is 223 Å².